The Balaban J connectivity index is 1.92. The molecule has 0 saturated carbocycles. The lowest BCUT2D eigenvalue weighted by molar-refractivity contribution is -0.136. The largest absolute Gasteiger partial charge is 0.482 e. The molecular formula is C19H21ClO3. The van der Waals surface area contributed by atoms with Gasteiger partial charge in [-0.3, -0.25) is 0 Å². The fraction of sp³-hybridized carbons (Fsp3) is 0.316. The van der Waals surface area contributed by atoms with Gasteiger partial charge in [0.1, 0.15) is 11.5 Å². The summed E-state index contributed by atoms with van der Waals surface area (Å²) in [7, 11) is 0. The van der Waals surface area contributed by atoms with Crippen molar-refractivity contribution in [1.82, 2.24) is 0 Å². The zero-order valence-corrected chi connectivity index (χ0v) is 14.6. The number of carbonyl (C=O) groups excluding carboxylic acids is 1. The molecule has 0 amide bonds. The molecule has 122 valence electrons. The molecule has 0 atom stereocenters. The van der Waals surface area contributed by atoms with E-state index in [9.17, 15) is 4.79 Å². The van der Waals surface area contributed by atoms with Gasteiger partial charge in [0.25, 0.3) is 0 Å². The quantitative estimate of drug-likeness (QED) is 0.588. The highest BCUT2D eigenvalue weighted by Crippen LogP contribution is 2.24. The number of carbonyl (C=O) groups is 1. The van der Waals surface area contributed by atoms with Crippen LogP contribution >= 0.6 is 11.6 Å². The van der Waals surface area contributed by atoms with Crippen LogP contribution < -0.4 is 9.47 Å². The van der Waals surface area contributed by atoms with Gasteiger partial charge in [0.2, 0.25) is 0 Å². The fourth-order valence-corrected chi connectivity index (χ4v) is 2.32. The molecule has 2 rings (SSSR count). The average Bonchev–Trinajstić information content (AvgIpc) is 2.46. The van der Waals surface area contributed by atoms with E-state index < -0.39 is 5.97 Å². The minimum atomic E-state index is -0.442. The van der Waals surface area contributed by atoms with E-state index in [1.54, 1.807) is 30.3 Å². The molecule has 0 saturated heterocycles. The van der Waals surface area contributed by atoms with Crippen molar-refractivity contribution in [3.63, 3.8) is 0 Å². The van der Waals surface area contributed by atoms with Gasteiger partial charge in [-0.1, -0.05) is 44.5 Å². The molecule has 23 heavy (non-hydrogen) atoms. The fourth-order valence-electron chi connectivity index (χ4n) is 2.10. The topological polar surface area (TPSA) is 35.5 Å². The molecule has 0 fully saturated rings. The number of ether oxygens (including phenoxy) is 2. The van der Waals surface area contributed by atoms with Crippen LogP contribution in [-0.4, -0.2) is 12.6 Å². The highest BCUT2D eigenvalue weighted by Gasteiger charge is 2.14. The summed E-state index contributed by atoms with van der Waals surface area (Å²) in [6, 6.07) is 12.8. The summed E-state index contributed by atoms with van der Waals surface area (Å²) >= 11 is 5.88. The first-order valence-corrected chi connectivity index (χ1v) is 7.84. The van der Waals surface area contributed by atoms with Gasteiger partial charge in [0.05, 0.1) is 0 Å². The summed E-state index contributed by atoms with van der Waals surface area (Å²) in [5.74, 6) is 0.691. The number of halogens is 1. The third-order valence-electron chi connectivity index (χ3n) is 3.43. The minimum absolute atomic E-state index is 0.0672. The Labute approximate surface area is 142 Å². The van der Waals surface area contributed by atoms with Crippen LogP contribution in [0, 0.1) is 6.92 Å². The van der Waals surface area contributed by atoms with Crippen LogP contribution in [0.25, 0.3) is 0 Å². The molecule has 0 bridgehead atoms. The highest BCUT2D eigenvalue weighted by atomic mass is 35.5. The Kier molecular flexibility index (Phi) is 5.32. The van der Waals surface area contributed by atoms with Gasteiger partial charge in [0, 0.05) is 5.02 Å². The Hall–Kier alpha value is -2.00. The maximum absolute atomic E-state index is 11.9. The first-order chi connectivity index (χ1) is 10.8. The second kappa shape index (κ2) is 7.05. The first kappa shape index (κ1) is 17.4. The smallest absolute Gasteiger partial charge is 0.349 e. The predicted octanol–water partition coefficient (Wildman–Crippen LogP) is 4.93. The van der Waals surface area contributed by atoms with Crippen LogP contribution in [0.3, 0.4) is 0 Å². The van der Waals surface area contributed by atoms with Gasteiger partial charge in [-0.05, 0) is 53.8 Å². The summed E-state index contributed by atoms with van der Waals surface area (Å²) < 4.78 is 10.7. The molecule has 0 aliphatic rings. The monoisotopic (exact) mass is 332 g/mol. The molecule has 0 radical (unpaired) electrons. The number of aryl methyl sites for hydroxylation is 1. The lowest BCUT2D eigenvalue weighted by atomic mass is 9.87. The van der Waals surface area contributed by atoms with E-state index in [-0.39, 0.29) is 12.0 Å². The van der Waals surface area contributed by atoms with Gasteiger partial charge < -0.3 is 9.47 Å². The first-order valence-electron chi connectivity index (χ1n) is 7.46. The van der Waals surface area contributed by atoms with Crippen molar-refractivity contribution in [2.75, 3.05) is 6.61 Å². The number of hydrogen-bond donors (Lipinski definition) is 0. The second-order valence-corrected chi connectivity index (χ2v) is 6.88. The molecule has 2 aromatic carbocycles. The predicted molar refractivity (Wildman–Crippen MR) is 92.5 cm³/mol. The third-order valence-corrected chi connectivity index (χ3v) is 3.67. The molecule has 0 unspecified atom stereocenters. The molecular weight excluding hydrogens is 312 g/mol. The van der Waals surface area contributed by atoms with Gasteiger partial charge >= 0.3 is 5.97 Å². The van der Waals surface area contributed by atoms with Gasteiger partial charge in [-0.25, -0.2) is 4.79 Å². The van der Waals surface area contributed by atoms with Crippen molar-refractivity contribution < 1.29 is 14.3 Å². The zero-order valence-electron chi connectivity index (χ0n) is 13.9. The van der Waals surface area contributed by atoms with E-state index in [2.05, 4.69) is 20.8 Å². The molecule has 4 heteroatoms. The Morgan fingerprint density at radius 3 is 2.30 bits per heavy atom. The summed E-state index contributed by atoms with van der Waals surface area (Å²) in [6.07, 6.45) is 0. The molecule has 0 aromatic heterocycles. The van der Waals surface area contributed by atoms with E-state index >= 15 is 0 Å². The molecule has 0 aliphatic carbocycles. The van der Waals surface area contributed by atoms with E-state index in [0.717, 1.165) is 5.56 Å². The molecule has 0 spiro atoms. The van der Waals surface area contributed by atoms with Gasteiger partial charge in [-0.15, -0.1) is 0 Å². The Bertz CT molecular complexity index is 685. The lowest BCUT2D eigenvalue weighted by Gasteiger charge is -2.19. The minimum Gasteiger partial charge on any atom is -0.482 e. The van der Waals surface area contributed by atoms with Crippen LogP contribution in [0.5, 0.6) is 11.5 Å². The summed E-state index contributed by atoms with van der Waals surface area (Å²) in [5.41, 5.74) is 2.13. The molecule has 0 aliphatic heterocycles. The molecule has 0 N–H and O–H groups in total. The standard InChI is InChI=1S/C19H21ClO3/c1-13-11-15(20)7-10-17(13)22-12-18(21)23-16-8-5-14(6-9-16)19(2,3)4/h5-11H,12H2,1-4H3. The van der Waals surface area contributed by atoms with Gasteiger partial charge in [0.15, 0.2) is 6.61 Å². The second-order valence-electron chi connectivity index (χ2n) is 6.45. The summed E-state index contributed by atoms with van der Waals surface area (Å²) in [6.45, 7) is 8.13. The van der Waals surface area contributed by atoms with Crippen molar-refractivity contribution >= 4 is 17.6 Å². The highest BCUT2D eigenvalue weighted by molar-refractivity contribution is 6.30. The van der Waals surface area contributed by atoms with Crippen molar-refractivity contribution in [2.45, 2.75) is 33.1 Å². The van der Waals surface area contributed by atoms with Crippen molar-refractivity contribution in [3.05, 3.63) is 58.6 Å². The number of rotatable bonds is 4. The number of benzene rings is 2. The van der Waals surface area contributed by atoms with E-state index in [4.69, 9.17) is 21.1 Å². The van der Waals surface area contributed by atoms with Crippen molar-refractivity contribution in [2.24, 2.45) is 0 Å². The molecule has 0 heterocycles. The lowest BCUT2D eigenvalue weighted by Crippen LogP contribution is -2.18. The summed E-state index contributed by atoms with van der Waals surface area (Å²) in [4.78, 5) is 11.9. The van der Waals surface area contributed by atoms with Crippen LogP contribution in [0.4, 0.5) is 0 Å². The van der Waals surface area contributed by atoms with Gasteiger partial charge in [-0.2, -0.15) is 0 Å². The van der Waals surface area contributed by atoms with Crippen molar-refractivity contribution in [3.8, 4) is 11.5 Å². The number of esters is 1. The zero-order chi connectivity index (χ0) is 17.0. The number of hydrogen-bond acceptors (Lipinski definition) is 3. The third kappa shape index (κ3) is 5.00. The maximum atomic E-state index is 11.9. The van der Waals surface area contributed by atoms with Crippen LogP contribution in [0.15, 0.2) is 42.5 Å². The van der Waals surface area contributed by atoms with Crippen molar-refractivity contribution in [1.29, 1.82) is 0 Å². The normalized spacial score (nSPS) is 11.2. The maximum Gasteiger partial charge on any atom is 0.349 e. The van der Waals surface area contributed by atoms with Crippen LogP contribution in [0.2, 0.25) is 5.02 Å². The molecule has 2 aromatic rings. The van der Waals surface area contributed by atoms with Crippen LogP contribution in [-0.2, 0) is 10.2 Å². The van der Waals surface area contributed by atoms with E-state index in [0.29, 0.717) is 16.5 Å². The Morgan fingerprint density at radius 2 is 1.74 bits per heavy atom. The SMILES string of the molecule is Cc1cc(Cl)ccc1OCC(=O)Oc1ccc(C(C)(C)C)cc1. The summed E-state index contributed by atoms with van der Waals surface area (Å²) in [5, 5.41) is 0.636. The van der Waals surface area contributed by atoms with E-state index in [1.807, 2.05) is 19.1 Å². The average molecular weight is 333 g/mol. The van der Waals surface area contributed by atoms with E-state index in [1.165, 1.54) is 5.56 Å². The molecule has 3 nitrogen and oxygen atoms in total. The Morgan fingerprint density at radius 1 is 1.09 bits per heavy atom. The van der Waals surface area contributed by atoms with Crippen LogP contribution in [0.1, 0.15) is 31.9 Å².